The largest absolute Gasteiger partial charge is 0.493 e. The first kappa shape index (κ1) is 27.3. The molecule has 1 unspecified atom stereocenters. The number of amides is 2. The van der Waals surface area contributed by atoms with Crippen LogP contribution < -0.4 is 24.4 Å². The first-order valence-corrected chi connectivity index (χ1v) is 12.2. The highest BCUT2D eigenvalue weighted by Gasteiger charge is 2.37. The van der Waals surface area contributed by atoms with E-state index in [9.17, 15) is 9.59 Å². The maximum absolute atomic E-state index is 14.1. The molecule has 2 heterocycles. The minimum Gasteiger partial charge on any atom is -0.493 e. The smallest absolute Gasteiger partial charge is 0.279 e. The Morgan fingerprint density at radius 2 is 1.59 bits per heavy atom. The highest BCUT2D eigenvalue weighted by molar-refractivity contribution is 6.09. The van der Waals surface area contributed by atoms with E-state index in [1.807, 2.05) is 51.1 Å². The minimum atomic E-state index is -1.17. The third-order valence-electron chi connectivity index (χ3n) is 5.86. The molecule has 0 fully saturated rings. The van der Waals surface area contributed by atoms with E-state index < -0.39 is 23.4 Å². The first-order valence-electron chi connectivity index (χ1n) is 12.2. The standard InChI is InChI=1S/C29H31N5O5/c1-29(2,3)33-27(35)25(19-14-23(37-4)26(39-6)24(15-19)38-5)34(28(36)22-17-30-11-12-31-22)20-13-18-9-7-8-10-21(18)32-16-20/h7-17,25H,1-6H3,(H,33,35). The zero-order valence-corrected chi connectivity index (χ0v) is 22.8. The summed E-state index contributed by atoms with van der Waals surface area (Å²) in [5.41, 5.74) is 1.03. The molecule has 10 heteroatoms. The van der Waals surface area contributed by atoms with Gasteiger partial charge >= 0.3 is 0 Å². The number of methoxy groups -OCH3 is 3. The Hall–Kier alpha value is -4.73. The fraction of sp³-hybridized carbons (Fsp3) is 0.276. The number of carbonyl (C=O) groups is 2. The highest BCUT2D eigenvalue weighted by atomic mass is 16.5. The van der Waals surface area contributed by atoms with Crippen LogP contribution in [0.5, 0.6) is 17.2 Å². The Labute approximate surface area is 227 Å². The molecule has 4 rings (SSSR count). The summed E-state index contributed by atoms with van der Waals surface area (Å²) in [5, 5.41) is 3.81. The molecule has 0 spiro atoms. The maximum Gasteiger partial charge on any atom is 0.279 e. The van der Waals surface area contributed by atoms with Gasteiger partial charge in [-0.15, -0.1) is 0 Å². The number of hydrogen-bond acceptors (Lipinski definition) is 8. The monoisotopic (exact) mass is 529 g/mol. The summed E-state index contributed by atoms with van der Waals surface area (Å²) in [6.07, 6.45) is 5.82. The molecule has 0 saturated carbocycles. The van der Waals surface area contributed by atoms with Gasteiger partial charge in [0.15, 0.2) is 11.5 Å². The van der Waals surface area contributed by atoms with Gasteiger partial charge in [-0.2, -0.15) is 0 Å². The number of pyridine rings is 1. The van der Waals surface area contributed by atoms with E-state index in [1.165, 1.54) is 44.8 Å². The molecule has 39 heavy (non-hydrogen) atoms. The molecule has 1 N–H and O–H groups in total. The number of aromatic nitrogens is 3. The summed E-state index contributed by atoms with van der Waals surface area (Å²) < 4.78 is 16.6. The van der Waals surface area contributed by atoms with Gasteiger partial charge in [0.2, 0.25) is 11.7 Å². The zero-order valence-electron chi connectivity index (χ0n) is 22.8. The average molecular weight is 530 g/mol. The van der Waals surface area contributed by atoms with Crippen molar-refractivity contribution in [1.82, 2.24) is 20.3 Å². The number of ether oxygens (including phenoxy) is 3. The van der Waals surface area contributed by atoms with E-state index in [2.05, 4.69) is 20.3 Å². The summed E-state index contributed by atoms with van der Waals surface area (Å²) in [5.74, 6) is 0.0657. The van der Waals surface area contributed by atoms with Crippen molar-refractivity contribution in [3.05, 3.63) is 78.5 Å². The van der Waals surface area contributed by atoms with Crippen LogP contribution >= 0.6 is 0 Å². The van der Waals surface area contributed by atoms with E-state index >= 15 is 0 Å². The van der Waals surface area contributed by atoms with E-state index in [4.69, 9.17) is 14.2 Å². The Balaban J connectivity index is 2.00. The topological polar surface area (TPSA) is 116 Å². The second-order valence-electron chi connectivity index (χ2n) is 9.75. The number of fused-ring (bicyclic) bond motifs is 1. The van der Waals surface area contributed by atoms with E-state index in [0.29, 0.717) is 28.5 Å². The number of benzene rings is 2. The van der Waals surface area contributed by atoms with Crippen LogP contribution in [0.3, 0.4) is 0 Å². The Bertz CT molecular complexity index is 1460. The minimum absolute atomic E-state index is 0.0617. The van der Waals surface area contributed by atoms with Crippen LogP contribution in [0, 0.1) is 0 Å². The molecule has 202 valence electrons. The normalized spacial score (nSPS) is 11.9. The van der Waals surface area contributed by atoms with Crippen LogP contribution in [-0.2, 0) is 4.79 Å². The van der Waals surface area contributed by atoms with Gasteiger partial charge < -0.3 is 19.5 Å². The molecule has 4 aromatic rings. The molecule has 1 atom stereocenters. The molecule has 0 aliphatic rings. The summed E-state index contributed by atoms with van der Waals surface area (Å²) in [4.78, 5) is 42.4. The number of carbonyl (C=O) groups excluding carboxylic acids is 2. The van der Waals surface area contributed by atoms with E-state index in [0.717, 1.165) is 10.9 Å². The number of anilines is 1. The summed E-state index contributed by atoms with van der Waals surface area (Å²) in [6, 6.07) is 11.5. The van der Waals surface area contributed by atoms with Crippen molar-refractivity contribution < 1.29 is 23.8 Å². The van der Waals surface area contributed by atoms with Crippen LogP contribution in [0.4, 0.5) is 5.69 Å². The van der Waals surface area contributed by atoms with Crippen LogP contribution in [0.15, 0.2) is 67.3 Å². The molecule has 2 amide bonds. The lowest BCUT2D eigenvalue weighted by molar-refractivity contribution is -0.123. The lowest BCUT2D eigenvalue weighted by atomic mass is 9.99. The van der Waals surface area contributed by atoms with Crippen LogP contribution in [0.25, 0.3) is 10.9 Å². The van der Waals surface area contributed by atoms with Crippen molar-refractivity contribution in [2.24, 2.45) is 0 Å². The van der Waals surface area contributed by atoms with Crippen LogP contribution in [0.2, 0.25) is 0 Å². The molecule has 10 nitrogen and oxygen atoms in total. The Morgan fingerprint density at radius 3 is 2.18 bits per heavy atom. The van der Waals surface area contributed by atoms with Crippen LogP contribution in [-0.4, -0.2) is 53.6 Å². The van der Waals surface area contributed by atoms with Crippen LogP contribution in [0.1, 0.15) is 42.9 Å². The van der Waals surface area contributed by atoms with Crippen molar-refractivity contribution >= 4 is 28.4 Å². The summed E-state index contributed by atoms with van der Waals surface area (Å²) in [7, 11) is 4.47. The van der Waals surface area contributed by atoms with Gasteiger partial charge in [0.05, 0.1) is 44.9 Å². The Kier molecular flexibility index (Phi) is 7.94. The number of rotatable bonds is 8. The maximum atomic E-state index is 14.1. The third-order valence-corrected chi connectivity index (χ3v) is 5.86. The molecule has 0 radical (unpaired) electrons. The number of hydrogen-bond donors (Lipinski definition) is 1. The molecular weight excluding hydrogens is 498 g/mol. The lowest BCUT2D eigenvalue weighted by Crippen LogP contribution is -2.49. The fourth-order valence-corrected chi connectivity index (χ4v) is 4.22. The second-order valence-corrected chi connectivity index (χ2v) is 9.75. The van der Waals surface area contributed by atoms with Gasteiger partial charge in [-0.3, -0.25) is 24.5 Å². The van der Waals surface area contributed by atoms with Crippen molar-refractivity contribution in [2.75, 3.05) is 26.2 Å². The third kappa shape index (κ3) is 5.90. The average Bonchev–Trinajstić information content (AvgIpc) is 2.93. The molecule has 0 aliphatic heterocycles. The van der Waals surface area contributed by atoms with Crippen molar-refractivity contribution in [3.63, 3.8) is 0 Å². The van der Waals surface area contributed by atoms with E-state index in [-0.39, 0.29) is 5.69 Å². The first-order chi connectivity index (χ1) is 18.7. The predicted octanol–water partition coefficient (Wildman–Crippen LogP) is 4.35. The number of para-hydroxylation sites is 1. The predicted molar refractivity (Wildman–Crippen MR) is 147 cm³/mol. The molecule has 0 saturated heterocycles. The quantitative estimate of drug-likeness (QED) is 0.358. The number of nitrogens with one attached hydrogen (secondary N) is 1. The van der Waals surface area contributed by atoms with E-state index in [1.54, 1.807) is 18.3 Å². The summed E-state index contributed by atoms with van der Waals surface area (Å²) in [6.45, 7) is 5.59. The number of nitrogens with zero attached hydrogens (tertiary/aromatic N) is 4. The summed E-state index contributed by atoms with van der Waals surface area (Å²) >= 11 is 0. The van der Waals surface area contributed by atoms with Crippen molar-refractivity contribution in [2.45, 2.75) is 32.4 Å². The van der Waals surface area contributed by atoms with Gasteiger partial charge in [0.1, 0.15) is 11.7 Å². The van der Waals surface area contributed by atoms with Crippen molar-refractivity contribution in [3.8, 4) is 17.2 Å². The van der Waals surface area contributed by atoms with Gasteiger partial charge in [-0.1, -0.05) is 18.2 Å². The van der Waals surface area contributed by atoms with Gasteiger partial charge in [0.25, 0.3) is 5.91 Å². The van der Waals surface area contributed by atoms with Gasteiger partial charge in [-0.25, -0.2) is 4.98 Å². The second kappa shape index (κ2) is 11.3. The SMILES string of the molecule is COc1cc(C(C(=O)NC(C)(C)C)N(C(=O)c2cnccn2)c2cnc3ccccc3c2)cc(OC)c1OC. The van der Waals surface area contributed by atoms with Gasteiger partial charge in [-0.05, 0) is 50.6 Å². The molecule has 0 aliphatic carbocycles. The lowest BCUT2D eigenvalue weighted by Gasteiger charge is -2.34. The van der Waals surface area contributed by atoms with Gasteiger partial charge in [0, 0.05) is 23.3 Å². The molecule has 2 aromatic carbocycles. The molecule has 0 bridgehead atoms. The highest BCUT2D eigenvalue weighted by Crippen LogP contribution is 2.42. The molecule has 2 aromatic heterocycles. The van der Waals surface area contributed by atoms with Crippen molar-refractivity contribution in [1.29, 1.82) is 0 Å². The zero-order chi connectivity index (χ0) is 28.2. The fourth-order valence-electron chi connectivity index (χ4n) is 4.22. The Morgan fingerprint density at radius 1 is 0.897 bits per heavy atom. The molecular formula is C29H31N5O5.